The van der Waals surface area contributed by atoms with Gasteiger partial charge < -0.3 is 19.8 Å². The molecule has 8 nitrogen and oxygen atoms in total. The Balaban J connectivity index is 1.43. The van der Waals surface area contributed by atoms with Crippen molar-refractivity contribution in [1.29, 1.82) is 0 Å². The van der Waals surface area contributed by atoms with Crippen LogP contribution < -0.4 is 5.73 Å². The van der Waals surface area contributed by atoms with E-state index in [2.05, 4.69) is 4.98 Å². The fourth-order valence-electron chi connectivity index (χ4n) is 3.54. The molecule has 0 aliphatic carbocycles. The third-order valence-corrected chi connectivity index (χ3v) is 5.25. The van der Waals surface area contributed by atoms with Crippen LogP contribution in [-0.2, 0) is 14.3 Å². The Bertz CT molecular complexity index is 1070. The number of hydrogen-bond donors (Lipinski definition) is 1. The fraction of sp³-hybridized carbons (Fsp3) is 0.273. The number of likely N-dealkylation sites (tertiary alicyclic amines) is 1. The highest BCUT2D eigenvalue weighted by Gasteiger charge is 2.27. The van der Waals surface area contributed by atoms with E-state index in [0.717, 1.165) is 0 Å². The standard InChI is InChI=1S/C22H21N3O5/c23-20(27)14-9-11-25(12-10-14)19(26)13-29-22(28)16-6-2-1-5-15(16)21-24-17-7-3-4-8-18(17)30-21/h1-8,14H,9-13H2,(H2,23,27). The number of carbonyl (C=O) groups is 3. The van der Waals surface area contributed by atoms with E-state index in [1.807, 2.05) is 18.2 Å². The zero-order valence-corrected chi connectivity index (χ0v) is 16.2. The molecular formula is C22H21N3O5. The van der Waals surface area contributed by atoms with Gasteiger partial charge in [0, 0.05) is 19.0 Å². The van der Waals surface area contributed by atoms with Crippen molar-refractivity contribution in [1.82, 2.24) is 9.88 Å². The van der Waals surface area contributed by atoms with Crippen LogP contribution in [0.3, 0.4) is 0 Å². The number of nitrogens with zero attached hydrogens (tertiary/aromatic N) is 2. The summed E-state index contributed by atoms with van der Waals surface area (Å²) >= 11 is 0. The number of fused-ring (bicyclic) bond motifs is 1. The van der Waals surface area contributed by atoms with Crippen LogP contribution in [0.2, 0.25) is 0 Å². The zero-order chi connectivity index (χ0) is 21.1. The predicted molar refractivity (Wildman–Crippen MR) is 108 cm³/mol. The number of hydrogen-bond acceptors (Lipinski definition) is 6. The third kappa shape index (κ3) is 4.03. The lowest BCUT2D eigenvalue weighted by Crippen LogP contribution is -2.43. The Labute approximate surface area is 172 Å². The van der Waals surface area contributed by atoms with E-state index in [4.69, 9.17) is 14.9 Å². The van der Waals surface area contributed by atoms with Crippen LogP contribution in [0.25, 0.3) is 22.6 Å². The summed E-state index contributed by atoms with van der Waals surface area (Å²) in [6, 6.07) is 14.1. The van der Waals surface area contributed by atoms with Crippen molar-refractivity contribution in [3.8, 4) is 11.5 Å². The van der Waals surface area contributed by atoms with Crippen molar-refractivity contribution in [2.24, 2.45) is 11.7 Å². The number of esters is 1. The molecule has 2 N–H and O–H groups in total. The average molecular weight is 407 g/mol. The quantitative estimate of drug-likeness (QED) is 0.649. The summed E-state index contributed by atoms with van der Waals surface area (Å²) in [5.41, 5.74) is 7.38. The maximum atomic E-state index is 12.7. The Kier molecular flexibility index (Phi) is 5.47. The Morgan fingerprint density at radius 1 is 1.07 bits per heavy atom. The molecule has 0 spiro atoms. The van der Waals surface area contributed by atoms with Crippen LogP contribution in [0.4, 0.5) is 0 Å². The first-order valence-electron chi connectivity index (χ1n) is 9.72. The molecule has 2 amide bonds. The Morgan fingerprint density at radius 3 is 2.50 bits per heavy atom. The summed E-state index contributed by atoms with van der Waals surface area (Å²) in [4.78, 5) is 42.3. The van der Waals surface area contributed by atoms with Gasteiger partial charge in [0.15, 0.2) is 12.2 Å². The molecule has 1 aliphatic rings. The molecule has 2 heterocycles. The number of rotatable bonds is 5. The van der Waals surface area contributed by atoms with E-state index in [0.29, 0.717) is 48.5 Å². The van der Waals surface area contributed by atoms with Crippen molar-refractivity contribution in [3.05, 3.63) is 54.1 Å². The number of nitrogens with two attached hydrogens (primary N) is 1. The number of primary amides is 1. The highest BCUT2D eigenvalue weighted by atomic mass is 16.5. The van der Waals surface area contributed by atoms with Gasteiger partial charge in [0.25, 0.3) is 5.91 Å². The van der Waals surface area contributed by atoms with E-state index in [9.17, 15) is 14.4 Å². The van der Waals surface area contributed by atoms with Crippen LogP contribution in [0.1, 0.15) is 23.2 Å². The first kappa shape index (κ1) is 19.6. The monoisotopic (exact) mass is 407 g/mol. The van der Waals surface area contributed by atoms with Gasteiger partial charge in [0.1, 0.15) is 5.52 Å². The number of ether oxygens (including phenoxy) is 1. The van der Waals surface area contributed by atoms with Crippen molar-refractivity contribution >= 4 is 28.9 Å². The molecule has 3 aromatic rings. The first-order valence-corrected chi connectivity index (χ1v) is 9.72. The summed E-state index contributed by atoms with van der Waals surface area (Å²) in [6.07, 6.45) is 1.05. The van der Waals surface area contributed by atoms with E-state index in [1.54, 1.807) is 35.2 Å². The van der Waals surface area contributed by atoms with Crippen LogP contribution in [0, 0.1) is 5.92 Å². The lowest BCUT2D eigenvalue weighted by Gasteiger charge is -2.30. The minimum absolute atomic E-state index is 0.209. The van der Waals surface area contributed by atoms with E-state index < -0.39 is 5.97 Å². The van der Waals surface area contributed by atoms with Crippen molar-refractivity contribution < 1.29 is 23.5 Å². The first-order chi connectivity index (χ1) is 14.5. The summed E-state index contributed by atoms with van der Waals surface area (Å²) < 4.78 is 11.0. The SMILES string of the molecule is NC(=O)C1CCN(C(=O)COC(=O)c2ccccc2-c2nc3ccccc3o2)CC1. The summed E-state index contributed by atoms with van der Waals surface area (Å²) in [6.45, 7) is 0.467. The highest BCUT2D eigenvalue weighted by molar-refractivity contribution is 5.97. The molecular weight excluding hydrogens is 386 g/mol. The Morgan fingerprint density at radius 2 is 1.77 bits per heavy atom. The third-order valence-electron chi connectivity index (χ3n) is 5.25. The molecule has 1 aromatic heterocycles. The summed E-state index contributed by atoms with van der Waals surface area (Å²) in [5, 5.41) is 0. The van der Waals surface area contributed by atoms with Crippen molar-refractivity contribution in [2.75, 3.05) is 19.7 Å². The van der Waals surface area contributed by atoms with E-state index >= 15 is 0 Å². The Hall–Kier alpha value is -3.68. The normalized spacial score (nSPS) is 14.6. The average Bonchev–Trinajstić information content (AvgIpc) is 3.21. The molecule has 154 valence electrons. The molecule has 1 saturated heterocycles. The van der Waals surface area contributed by atoms with E-state index in [1.165, 1.54) is 0 Å². The van der Waals surface area contributed by atoms with Crippen LogP contribution >= 0.6 is 0 Å². The van der Waals surface area contributed by atoms with Crippen LogP contribution in [0.5, 0.6) is 0 Å². The topological polar surface area (TPSA) is 116 Å². The maximum absolute atomic E-state index is 12.7. The van der Waals surface area contributed by atoms with Gasteiger partial charge in [-0.3, -0.25) is 9.59 Å². The fourth-order valence-corrected chi connectivity index (χ4v) is 3.54. The lowest BCUT2D eigenvalue weighted by molar-refractivity contribution is -0.137. The largest absolute Gasteiger partial charge is 0.452 e. The second kappa shape index (κ2) is 8.36. The van der Waals surface area contributed by atoms with Crippen molar-refractivity contribution in [3.63, 3.8) is 0 Å². The van der Waals surface area contributed by atoms with Gasteiger partial charge in [-0.05, 0) is 37.1 Å². The second-order valence-electron chi connectivity index (χ2n) is 7.17. The van der Waals surface area contributed by atoms with Crippen molar-refractivity contribution in [2.45, 2.75) is 12.8 Å². The maximum Gasteiger partial charge on any atom is 0.339 e. The molecule has 1 aliphatic heterocycles. The number of aromatic nitrogens is 1. The van der Waals surface area contributed by atoms with Crippen LogP contribution in [-0.4, -0.2) is 47.4 Å². The number of benzene rings is 2. The number of oxazole rings is 1. The molecule has 8 heteroatoms. The predicted octanol–water partition coefficient (Wildman–Crippen LogP) is 2.38. The molecule has 0 atom stereocenters. The van der Waals surface area contributed by atoms with Gasteiger partial charge in [0.05, 0.1) is 11.1 Å². The van der Waals surface area contributed by atoms with E-state index in [-0.39, 0.29) is 29.9 Å². The zero-order valence-electron chi connectivity index (χ0n) is 16.2. The van der Waals surface area contributed by atoms with Gasteiger partial charge >= 0.3 is 5.97 Å². The molecule has 0 saturated carbocycles. The summed E-state index contributed by atoms with van der Waals surface area (Å²) in [7, 11) is 0. The van der Waals surface area contributed by atoms with Crippen LogP contribution in [0.15, 0.2) is 52.9 Å². The van der Waals surface area contributed by atoms with Gasteiger partial charge in [-0.15, -0.1) is 0 Å². The summed E-state index contributed by atoms with van der Waals surface area (Å²) in [5.74, 6) is -1.17. The minimum atomic E-state index is -0.631. The molecule has 0 bridgehead atoms. The number of carbonyl (C=O) groups excluding carboxylic acids is 3. The van der Waals surface area contributed by atoms with Gasteiger partial charge in [-0.2, -0.15) is 0 Å². The molecule has 0 radical (unpaired) electrons. The smallest absolute Gasteiger partial charge is 0.339 e. The molecule has 1 fully saturated rings. The molecule has 2 aromatic carbocycles. The van der Waals surface area contributed by atoms with Gasteiger partial charge in [-0.1, -0.05) is 24.3 Å². The number of para-hydroxylation sites is 2. The molecule has 30 heavy (non-hydrogen) atoms. The molecule has 0 unspecified atom stereocenters. The second-order valence-corrected chi connectivity index (χ2v) is 7.17. The number of amides is 2. The highest BCUT2D eigenvalue weighted by Crippen LogP contribution is 2.27. The number of piperidine rings is 1. The van der Waals surface area contributed by atoms with Gasteiger partial charge in [0.2, 0.25) is 11.8 Å². The lowest BCUT2D eigenvalue weighted by atomic mass is 9.96. The van der Waals surface area contributed by atoms with Gasteiger partial charge in [-0.25, -0.2) is 9.78 Å². The molecule has 4 rings (SSSR count). The minimum Gasteiger partial charge on any atom is -0.452 e.